The minimum atomic E-state index is -1.05. The van der Waals surface area contributed by atoms with Gasteiger partial charge in [0.1, 0.15) is 5.54 Å². The number of rotatable bonds is 6. The Morgan fingerprint density at radius 2 is 1.89 bits per heavy atom. The van der Waals surface area contributed by atoms with Gasteiger partial charge in [-0.2, -0.15) is 0 Å². The van der Waals surface area contributed by atoms with Gasteiger partial charge in [-0.3, -0.25) is 0 Å². The van der Waals surface area contributed by atoms with Crippen LogP contribution in [0.25, 0.3) is 0 Å². The van der Waals surface area contributed by atoms with Crippen LogP contribution in [0.2, 0.25) is 0 Å². The number of hydrogen-bond donors (Lipinski definition) is 3. The van der Waals surface area contributed by atoms with E-state index in [1.807, 2.05) is 14.1 Å². The summed E-state index contributed by atoms with van der Waals surface area (Å²) >= 11 is 0. The number of nitrogens with one attached hydrogen (secondary N) is 2. The van der Waals surface area contributed by atoms with Gasteiger partial charge in [-0.25, -0.2) is 9.59 Å². The first kappa shape index (κ1) is 15.8. The van der Waals surface area contributed by atoms with Gasteiger partial charge in [-0.1, -0.05) is 13.8 Å². The number of amides is 2. The van der Waals surface area contributed by atoms with Crippen LogP contribution < -0.4 is 10.6 Å². The molecule has 0 atom stereocenters. The van der Waals surface area contributed by atoms with Crippen molar-refractivity contribution in [2.75, 3.05) is 27.2 Å². The first-order chi connectivity index (χ1) is 8.67. The summed E-state index contributed by atoms with van der Waals surface area (Å²) in [6, 6.07) is -0.395. The van der Waals surface area contributed by atoms with E-state index in [0.29, 0.717) is 19.4 Å². The zero-order chi connectivity index (χ0) is 14.7. The third-order valence-electron chi connectivity index (χ3n) is 3.44. The fourth-order valence-electron chi connectivity index (χ4n) is 2.42. The molecule has 0 unspecified atom stereocenters. The Balaban J connectivity index is 2.41. The van der Waals surface area contributed by atoms with Gasteiger partial charge >= 0.3 is 12.0 Å². The van der Waals surface area contributed by atoms with E-state index >= 15 is 0 Å². The number of carbonyl (C=O) groups is 2. The topological polar surface area (TPSA) is 81.7 Å². The summed E-state index contributed by atoms with van der Waals surface area (Å²) in [4.78, 5) is 25.0. The molecular weight excluding hydrogens is 246 g/mol. The molecule has 0 aromatic carbocycles. The maximum atomic E-state index is 11.8. The monoisotopic (exact) mass is 271 g/mol. The standard InChI is InChI=1S/C13H25N3O3/c1-12(2,9-16(3)4)8-14-11(19)15-13(10(17)18)6-5-7-13/h5-9H2,1-4H3,(H,17,18)(H2,14,15,19). The Kier molecular flexibility index (Phi) is 4.79. The van der Waals surface area contributed by atoms with Crippen molar-refractivity contribution in [1.29, 1.82) is 0 Å². The van der Waals surface area contributed by atoms with Crippen molar-refractivity contribution < 1.29 is 14.7 Å². The highest BCUT2D eigenvalue weighted by atomic mass is 16.4. The van der Waals surface area contributed by atoms with Crippen LogP contribution >= 0.6 is 0 Å². The fourth-order valence-corrected chi connectivity index (χ4v) is 2.42. The Morgan fingerprint density at radius 1 is 1.32 bits per heavy atom. The maximum absolute atomic E-state index is 11.8. The molecule has 2 amide bonds. The van der Waals surface area contributed by atoms with Crippen molar-refractivity contribution in [3.05, 3.63) is 0 Å². The highest BCUT2D eigenvalue weighted by molar-refractivity contribution is 5.87. The van der Waals surface area contributed by atoms with Crippen LogP contribution in [0, 0.1) is 5.41 Å². The Bertz CT molecular complexity index is 349. The summed E-state index contributed by atoms with van der Waals surface area (Å²) in [6.07, 6.45) is 1.87. The van der Waals surface area contributed by atoms with E-state index in [2.05, 4.69) is 29.4 Å². The molecule has 3 N–H and O–H groups in total. The molecule has 1 aliphatic carbocycles. The number of aliphatic carboxylic acids is 1. The summed E-state index contributed by atoms with van der Waals surface area (Å²) < 4.78 is 0. The zero-order valence-electron chi connectivity index (χ0n) is 12.2. The molecule has 1 aliphatic rings. The molecule has 0 aromatic heterocycles. The summed E-state index contributed by atoms with van der Waals surface area (Å²) in [7, 11) is 3.96. The molecule has 0 spiro atoms. The van der Waals surface area contributed by atoms with Gasteiger partial charge in [0.05, 0.1) is 0 Å². The van der Waals surface area contributed by atoms with E-state index in [1.165, 1.54) is 0 Å². The number of urea groups is 1. The van der Waals surface area contributed by atoms with Crippen LogP contribution in [0.5, 0.6) is 0 Å². The van der Waals surface area contributed by atoms with Gasteiger partial charge in [-0.05, 0) is 38.8 Å². The van der Waals surface area contributed by atoms with Crippen LogP contribution in [0.15, 0.2) is 0 Å². The fraction of sp³-hybridized carbons (Fsp3) is 0.846. The second kappa shape index (κ2) is 5.77. The lowest BCUT2D eigenvalue weighted by Crippen LogP contribution is -2.61. The number of hydrogen-bond acceptors (Lipinski definition) is 3. The normalized spacial score (nSPS) is 17.7. The molecule has 0 saturated heterocycles. The number of nitrogens with zero attached hydrogens (tertiary/aromatic N) is 1. The summed E-state index contributed by atoms with van der Waals surface area (Å²) in [6.45, 7) is 5.47. The van der Waals surface area contributed by atoms with E-state index in [9.17, 15) is 9.59 Å². The lowest BCUT2D eigenvalue weighted by molar-refractivity contribution is -0.148. The van der Waals surface area contributed by atoms with Gasteiger partial charge in [0.2, 0.25) is 0 Å². The third kappa shape index (κ3) is 4.38. The van der Waals surface area contributed by atoms with Crippen molar-refractivity contribution in [2.45, 2.75) is 38.6 Å². The van der Waals surface area contributed by atoms with Gasteiger partial charge in [0.25, 0.3) is 0 Å². The van der Waals surface area contributed by atoms with Crippen molar-refractivity contribution in [1.82, 2.24) is 15.5 Å². The van der Waals surface area contributed by atoms with E-state index < -0.39 is 17.5 Å². The first-order valence-corrected chi connectivity index (χ1v) is 6.61. The van der Waals surface area contributed by atoms with Crippen molar-refractivity contribution in [3.8, 4) is 0 Å². The maximum Gasteiger partial charge on any atom is 0.329 e. The van der Waals surface area contributed by atoms with E-state index in [-0.39, 0.29) is 5.41 Å². The largest absolute Gasteiger partial charge is 0.480 e. The number of carboxylic acids is 1. The SMILES string of the molecule is CN(C)CC(C)(C)CNC(=O)NC1(C(=O)O)CCC1. The highest BCUT2D eigenvalue weighted by Gasteiger charge is 2.45. The molecule has 0 aliphatic heterocycles. The number of carbonyl (C=O) groups excluding carboxylic acids is 1. The van der Waals surface area contributed by atoms with E-state index in [4.69, 9.17) is 5.11 Å². The quantitative estimate of drug-likeness (QED) is 0.670. The molecule has 0 bridgehead atoms. The lowest BCUT2D eigenvalue weighted by Gasteiger charge is -2.38. The van der Waals surface area contributed by atoms with Crippen LogP contribution in [0.4, 0.5) is 4.79 Å². The molecule has 1 rings (SSSR count). The summed E-state index contributed by atoms with van der Waals surface area (Å²) in [5.74, 6) is -0.943. The molecule has 0 aromatic rings. The molecule has 6 nitrogen and oxygen atoms in total. The Hall–Kier alpha value is -1.30. The Morgan fingerprint density at radius 3 is 2.26 bits per heavy atom. The van der Waals surface area contributed by atoms with E-state index in [1.54, 1.807) is 0 Å². The average Bonchev–Trinajstić information content (AvgIpc) is 2.18. The van der Waals surface area contributed by atoms with Crippen molar-refractivity contribution >= 4 is 12.0 Å². The first-order valence-electron chi connectivity index (χ1n) is 6.61. The predicted molar refractivity (Wildman–Crippen MR) is 73.1 cm³/mol. The van der Waals surface area contributed by atoms with Gasteiger partial charge in [-0.15, -0.1) is 0 Å². The van der Waals surface area contributed by atoms with Crippen molar-refractivity contribution in [2.24, 2.45) is 5.41 Å². The van der Waals surface area contributed by atoms with E-state index in [0.717, 1.165) is 13.0 Å². The van der Waals surface area contributed by atoms with Crippen LogP contribution in [-0.4, -0.2) is 54.7 Å². The van der Waals surface area contributed by atoms with Crippen LogP contribution in [-0.2, 0) is 4.79 Å². The summed E-state index contributed by atoms with van der Waals surface area (Å²) in [5.41, 5.74) is -1.10. The summed E-state index contributed by atoms with van der Waals surface area (Å²) in [5, 5.41) is 14.5. The van der Waals surface area contributed by atoms with Crippen LogP contribution in [0.3, 0.4) is 0 Å². The Labute approximate surface area is 114 Å². The lowest BCUT2D eigenvalue weighted by atomic mass is 9.77. The van der Waals surface area contributed by atoms with Crippen LogP contribution in [0.1, 0.15) is 33.1 Å². The molecule has 0 heterocycles. The predicted octanol–water partition coefficient (Wildman–Crippen LogP) is 0.881. The van der Waals surface area contributed by atoms with Crippen molar-refractivity contribution in [3.63, 3.8) is 0 Å². The molecule has 0 radical (unpaired) electrons. The molecule has 1 fully saturated rings. The zero-order valence-corrected chi connectivity index (χ0v) is 12.2. The third-order valence-corrected chi connectivity index (χ3v) is 3.44. The molecule has 1 saturated carbocycles. The highest BCUT2D eigenvalue weighted by Crippen LogP contribution is 2.31. The minimum Gasteiger partial charge on any atom is -0.480 e. The second-order valence-corrected chi connectivity index (χ2v) is 6.45. The molecule has 110 valence electrons. The smallest absolute Gasteiger partial charge is 0.329 e. The molecule has 6 heteroatoms. The molecule has 19 heavy (non-hydrogen) atoms. The molecular formula is C13H25N3O3. The van der Waals surface area contributed by atoms with Gasteiger partial charge in [0.15, 0.2) is 0 Å². The average molecular weight is 271 g/mol. The van der Waals surface area contributed by atoms with Gasteiger partial charge in [0, 0.05) is 13.1 Å². The second-order valence-electron chi connectivity index (χ2n) is 6.45. The minimum absolute atomic E-state index is 0.0587. The van der Waals surface area contributed by atoms with Gasteiger partial charge < -0.3 is 20.6 Å². The number of carboxylic acid groups (broad SMARTS) is 1.